The third-order valence-electron chi connectivity index (χ3n) is 3.65. The van der Waals surface area contributed by atoms with Gasteiger partial charge in [-0.3, -0.25) is 4.90 Å². The maximum absolute atomic E-state index is 10.2. The number of hydrogen-bond acceptors (Lipinski definition) is 5. The average molecular weight is 339 g/mol. The van der Waals surface area contributed by atoms with Gasteiger partial charge < -0.3 is 19.3 Å². The molecule has 5 nitrogen and oxygen atoms in total. The molecule has 24 heavy (non-hydrogen) atoms. The quantitative estimate of drug-likeness (QED) is 0.634. The maximum atomic E-state index is 10.2. The van der Waals surface area contributed by atoms with E-state index in [9.17, 15) is 5.11 Å². The molecule has 0 fully saturated rings. The monoisotopic (exact) mass is 339 g/mol. The second-order valence-corrected chi connectivity index (χ2v) is 6.47. The Bertz CT molecular complexity index is 465. The first kappa shape index (κ1) is 20.7. The van der Waals surface area contributed by atoms with Crippen molar-refractivity contribution >= 4 is 0 Å². The molecular weight excluding hydrogens is 306 g/mol. The van der Waals surface area contributed by atoms with Crippen LogP contribution in [0.2, 0.25) is 0 Å². The molecule has 1 unspecified atom stereocenters. The van der Waals surface area contributed by atoms with Gasteiger partial charge in [0.15, 0.2) is 11.5 Å². The Morgan fingerprint density at radius 2 is 1.88 bits per heavy atom. The van der Waals surface area contributed by atoms with E-state index < -0.39 is 6.10 Å². The minimum absolute atomic E-state index is 0.369. The van der Waals surface area contributed by atoms with Gasteiger partial charge in [-0.1, -0.05) is 32.9 Å². The Labute approximate surface area is 146 Å². The largest absolute Gasteiger partial charge is 0.493 e. The van der Waals surface area contributed by atoms with Crippen LogP contribution >= 0.6 is 0 Å². The lowest BCUT2D eigenvalue weighted by Gasteiger charge is -2.26. The highest BCUT2D eigenvalue weighted by Gasteiger charge is 2.16. The van der Waals surface area contributed by atoms with Gasteiger partial charge in [0.05, 0.1) is 26.9 Å². The molecule has 0 heterocycles. The zero-order valence-corrected chi connectivity index (χ0v) is 15.7. The van der Waals surface area contributed by atoms with Gasteiger partial charge in [-0.05, 0) is 24.9 Å². The van der Waals surface area contributed by atoms with Gasteiger partial charge >= 0.3 is 0 Å². The average Bonchev–Trinajstić information content (AvgIpc) is 2.54. The van der Waals surface area contributed by atoms with E-state index in [4.69, 9.17) is 14.2 Å². The SMILES string of the molecule is CCCN(Cc1cccc(OC)c1OC)CC(O)COCC(C)C. The highest BCUT2D eigenvalue weighted by Crippen LogP contribution is 2.31. The summed E-state index contributed by atoms with van der Waals surface area (Å²) in [6.07, 6.45) is 0.526. The number of hydrogen-bond donors (Lipinski definition) is 1. The first-order chi connectivity index (χ1) is 11.5. The molecule has 1 aromatic carbocycles. The Balaban J connectivity index is 2.69. The summed E-state index contributed by atoms with van der Waals surface area (Å²) in [6, 6.07) is 5.88. The topological polar surface area (TPSA) is 51.2 Å². The van der Waals surface area contributed by atoms with Crippen LogP contribution in [0.1, 0.15) is 32.8 Å². The van der Waals surface area contributed by atoms with Crippen LogP contribution in [0.3, 0.4) is 0 Å². The van der Waals surface area contributed by atoms with Gasteiger partial charge in [-0.15, -0.1) is 0 Å². The number of ether oxygens (including phenoxy) is 3. The van der Waals surface area contributed by atoms with E-state index in [1.165, 1.54) is 0 Å². The van der Waals surface area contributed by atoms with Crippen LogP contribution in [-0.2, 0) is 11.3 Å². The van der Waals surface area contributed by atoms with Crippen LogP contribution in [0.5, 0.6) is 11.5 Å². The molecule has 0 bridgehead atoms. The van der Waals surface area contributed by atoms with Crippen molar-refractivity contribution < 1.29 is 19.3 Å². The van der Waals surface area contributed by atoms with Gasteiger partial charge in [0.25, 0.3) is 0 Å². The van der Waals surface area contributed by atoms with Gasteiger partial charge in [0, 0.05) is 25.3 Å². The number of methoxy groups -OCH3 is 2. The van der Waals surface area contributed by atoms with Gasteiger partial charge in [-0.2, -0.15) is 0 Å². The number of aliphatic hydroxyl groups is 1. The molecule has 1 atom stereocenters. The zero-order chi connectivity index (χ0) is 17.9. The van der Waals surface area contributed by atoms with E-state index in [2.05, 4.69) is 25.7 Å². The van der Waals surface area contributed by atoms with Crippen molar-refractivity contribution in [2.45, 2.75) is 39.8 Å². The second-order valence-electron chi connectivity index (χ2n) is 6.47. The van der Waals surface area contributed by atoms with Crippen molar-refractivity contribution in [2.24, 2.45) is 5.92 Å². The molecule has 0 aliphatic carbocycles. The molecule has 1 rings (SSSR count). The standard InChI is InChI=1S/C19H33NO4/c1-6-10-20(12-17(21)14-24-13-15(2)3)11-16-8-7-9-18(22-4)19(16)23-5/h7-9,15,17,21H,6,10-14H2,1-5H3. The summed E-state index contributed by atoms with van der Waals surface area (Å²) >= 11 is 0. The first-order valence-corrected chi connectivity index (χ1v) is 8.69. The molecule has 5 heteroatoms. The third-order valence-corrected chi connectivity index (χ3v) is 3.65. The molecule has 1 aromatic rings. The normalized spacial score (nSPS) is 12.7. The first-order valence-electron chi connectivity index (χ1n) is 8.69. The molecule has 1 N–H and O–H groups in total. The highest BCUT2D eigenvalue weighted by atomic mass is 16.5. The number of rotatable bonds is 12. The van der Waals surface area contributed by atoms with Crippen molar-refractivity contribution in [3.05, 3.63) is 23.8 Å². The molecule has 0 aromatic heterocycles. The summed E-state index contributed by atoms with van der Waals surface area (Å²) in [5.74, 6) is 1.96. The van der Waals surface area contributed by atoms with Crippen LogP contribution in [0.4, 0.5) is 0 Å². The molecule has 0 spiro atoms. The fourth-order valence-corrected chi connectivity index (χ4v) is 2.66. The fraction of sp³-hybridized carbons (Fsp3) is 0.684. The predicted octanol–water partition coefficient (Wildman–Crippen LogP) is 2.95. The maximum Gasteiger partial charge on any atom is 0.165 e. The lowest BCUT2D eigenvalue weighted by Crippen LogP contribution is -2.35. The van der Waals surface area contributed by atoms with Gasteiger partial charge in [0.2, 0.25) is 0 Å². The Morgan fingerprint density at radius 1 is 1.12 bits per heavy atom. The van der Waals surface area contributed by atoms with Crippen LogP contribution in [0.25, 0.3) is 0 Å². The van der Waals surface area contributed by atoms with Crippen LogP contribution in [-0.4, -0.2) is 56.6 Å². The van der Waals surface area contributed by atoms with E-state index in [0.717, 1.165) is 30.0 Å². The number of aliphatic hydroxyl groups excluding tert-OH is 1. The Hall–Kier alpha value is -1.30. The van der Waals surface area contributed by atoms with Crippen LogP contribution in [0.15, 0.2) is 18.2 Å². The summed E-state index contributed by atoms with van der Waals surface area (Å²) in [5, 5.41) is 10.2. The lowest BCUT2D eigenvalue weighted by molar-refractivity contribution is 0.00682. The van der Waals surface area contributed by atoms with Gasteiger partial charge in [0.1, 0.15) is 0 Å². The van der Waals surface area contributed by atoms with Crippen molar-refractivity contribution in [3.8, 4) is 11.5 Å². The molecule has 0 aliphatic heterocycles. The molecule has 0 amide bonds. The van der Waals surface area contributed by atoms with Crippen molar-refractivity contribution in [3.63, 3.8) is 0 Å². The Morgan fingerprint density at radius 3 is 2.46 bits per heavy atom. The van der Waals surface area contributed by atoms with E-state index in [1.807, 2.05) is 18.2 Å². The zero-order valence-electron chi connectivity index (χ0n) is 15.7. The summed E-state index contributed by atoms with van der Waals surface area (Å²) in [5.41, 5.74) is 1.06. The summed E-state index contributed by atoms with van der Waals surface area (Å²) in [4.78, 5) is 2.22. The second kappa shape index (κ2) is 11.3. The number of benzene rings is 1. The third kappa shape index (κ3) is 7.07. The van der Waals surface area contributed by atoms with E-state index >= 15 is 0 Å². The molecule has 0 saturated carbocycles. The molecule has 138 valence electrons. The minimum atomic E-state index is -0.494. The van der Waals surface area contributed by atoms with Crippen molar-refractivity contribution in [1.82, 2.24) is 4.90 Å². The molecule has 0 aliphatic rings. The molecule has 0 saturated heterocycles. The smallest absolute Gasteiger partial charge is 0.165 e. The summed E-state index contributed by atoms with van der Waals surface area (Å²) in [7, 11) is 3.29. The molecule has 0 radical (unpaired) electrons. The van der Waals surface area contributed by atoms with E-state index in [0.29, 0.717) is 32.2 Å². The fourth-order valence-electron chi connectivity index (χ4n) is 2.66. The number of nitrogens with zero attached hydrogens (tertiary/aromatic N) is 1. The Kier molecular flexibility index (Phi) is 9.76. The molecular formula is C19H33NO4. The van der Waals surface area contributed by atoms with Crippen LogP contribution in [0, 0.1) is 5.92 Å². The van der Waals surface area contributed by atoms with E-state index in [1.54, 1.807) is 14.2 Å². The van der Waals surface area contributed by atoms with Crippen LogP contribution < -0.4 is 9.47 Å². The summed E-state index contributed by atoms with van der Waals surface area (Å²) in [6.45, 7) is 9.57. The lowest BCUT2D eigenvalue weighted by atomic mass is 10.1. The highest BCUT2D eigenvalue weighted by molar-refractivity contribution is 5.46. The van der Waals surface area contributed by atoms with Crippen molar-refractivity contribution in [2.75, 3.05) is 40.5 Å². The van der Waals surface area contributed by atoms with Gasteiger partial charge in [-0.25, -0.2) is 0 Å². The van der Waals surface area contributed by atoms with E-state index in [-0.39, 0.29) is 0 Å². The summed E-state index contributed by atoms with van der Waals surface area (Å²) < 4.78 is 16.4. The predicted molar refractivity (Wildman–Crippen MR) is 96.8 cm³/mol. The number of para-hydroxylation sites is 1. The van der Waals surface area contributed by atoms with Crippen molar-refractivity contribution in [1.29, 1.82) is 0 Å². The minimum Gasteiger partial charge on any atom is -0.493 e.